The molecular weight excluding hydrogens is 184 g/mol. The maximum atomic E-state index is 3.53. The predicted molar refractivity (Wildman–Crippen MR) is 67.1 cm³/mol. The SMILES string of the molecule is CCC(C)CN(CC)C1CNCCC1C. The quantitative estimate of drug-likeness (QED) is 0.752. The van der Waals surface area contributed by atoms with E-state index in [1.807, 2.05) is 0 Å². The summed E-state index contributed by atoms with van der Waals surface area (Å²) in [5.74, 6) is 1.69. The molecule has 0 saturated carbocycles. The molecule has 0 radical (unpaired) electrons. The number of nitrogens with one attached hydrogen (secondary N) is 1. The number of hydrogen-bond donors (Lipinski definition) is 1. The molecule has 15 heavy (non-hydrogen) atoms. The van der Waals surface area contributed by atoms with Gasteiger partial charge in [0.05, 0.1) is 0 Å². The zero-order chi connectivity index (χ0) is 11.3. The van der Waals surface area contributed by atoms with E-state index in [-0.39, 0.29) is 0 Å². The molecule has 0 aromatic rings. The summed E-state index contributed by atoms with van der Waals surface area (Å²) in [6.07, 6.45) is 2.63. The van der Waals surface area contributed by atoms with Gasteiger partial charge in [-0.15, -0.1) is 0 Å². The minimum atomic E-state index is 0.762. The normalized spacial score (nSPS) is 29.4. The molecule has 0 bridgehead atoms. The fraction of sp³-hybridized carbons (Fsp3) is 1.00. The van der Waals surface area contributed by atoms with Crippen molar-refractivity contribution in [1.82, 2.24) is 10.2 Å². The minimum Gasteiger partial charge on any atom is -0.315 e. The summed E-state index contributed by atoms with van der Waals surface area (Å²) >= 11 is 0. The second kappa shape index (κ2) is 6.49. The monoisotopic (exact) mass is 212 g/mol. The summed E-state index contributed by atoms with van der Waals surface area (Å²) in [7, 11) is 0. The molecule has 1 aliphatic rings. The van der Waals surface area contributed by atoms with Crippen LogP contribution in [0, 0.1) is 11.8 Å². The molecule has 1 saturated heterocycles. The lowest BCUT2D eigenvalue weighted by Crippen LogP contribution is -2.51. The molecular formula is C13H28N2. The summed E-state index contributed by atoms with van der Waals surface area (Å²) in [4.78, 5) is 2.67. The van der Waals surface area contributed by atoms with Crippen LogP contribution in [0.5, 0.6) is 0 Å². The van der Waals surface area contributed by atoms with Gasteiger partial charge in [0.2, 0.25) is 0 Å². The van der Waals surface area contributed by atoms with Crippen molar-refractivity contribution in [3.63, 3.8) is 0 Å². The van der Waals surface area contributed by atoms with Crippen LogP contribution in [-0.2, 0) is 0 Å². The molecule has 0 aromatic carbocycles. The van der Waals surface area contributed by atoms with E-state index in [2.05, 4.69) is 37.9 Å². The van der Waals surface area contributed by atoms with Gasteiger partial charge in [-0.05, 0) is 31.3 Å². The highest BCUT2D eigenvalue weighted by molar-refractivity contribution is 4.83. The minimum absolute atomic E-state index is 0.762. The van der Waals surface area contributed by atoms with Crippen LogP contribution in [0.15, 0.2) is 0 Å². The topological polar surface area (TPSA) is 15.3 Å². The van der Waals surface area contributed by atoms with Gasteiger partial charge in [0.15, 0.2) is 0 Å². The Morgan fingerprint density at radius 2 is 2.13 bits per heavy atom. The molecule has 0 spiro atoms. The van der Waals surface area contributed by atoms with E-state index in [1.54, 1.807) is 0 Å². The van der Waals surface area contributed by atoms with Gasteiger partial charge >= 0.3 is 0 Å². The molecule has 2 heteroatoms. The molecule has 2 nitrogen and oxygen atoms in total. The fourth-order valence-electron chi connectivity index (χ4n) is 2.49. The van der Waals surface area contributed by atoms with Gasteiger partial charge in [-0.3, -0.25) is 4.90 Å². The number of nitrogens with zero attached hydrogens (tertiary/aromatic N) is 1. The Morgan fingerprint density at radius 1 is 1.40 bits per heavy atom. The van der Waals surface area contributed by atoms with Crippen LogP contribution < -0.4 is 5.32 Å². The van der Waals surface area contributed by atoms with Gasteiger partial charge < -0.3 is 5.32 Å². The highest BCUT2D eigenvalue weighted by Gasteiger charge is 2.26. The van der Waals surface area contributed by atoms with Crippen LogP contribution in [0.2, 0.25) is 0 Å². The Balaban J connectivity index is 2.48. The van der Waals surface area contributed by atoms with Crippen LogP contribution in [0.25, 0.3) is 0 Å². The standard InChI is InChI=1S/C13H28N2/c1-5-11(3)10-15(6-2)13-9-14-8-7-12(13)4/h11-14H,5-10H2,1-4H3. The van der Waals surface area contributed by atoms with Crippen LogP contribution >= 0.6 is 0 Å². The maximum Gasteiger partial charge on any atom is 0.0246 e. The summed E-state index contributed by atoms with van der Waals surface area (Å²) in [5, 5.41) is 3.53. The van der Waals surface area contributed by atoms with E-state index >= 15 is 0 Å². The maximum absolute atomic E-state index is 3.53. The third-order valence-corrected chi connectivity index (χ3v) is 3.91. The Morgan fingerprint density at radius 3 is 2.67 bits per heavy atom. The third-order valence-electron chi connectivity index (χ3n) is 3.91. The lowest BCUT2D eigenvalue weighted by atomic mass is 9.92. The van der Waals surface area contributed by atoms with Crippen molar-refractivity contribution >= 4 is 0 Å². The smallest absolute Gasteiger partial charge is 0.0246 e. The van der Waals surface area contributed by atoms with Crippen LogP contribution in [0.1, 0.15) is 40.5 Å². The molecule has 1 fully saturated rings. The van der Waals surface area contributed by atoms with E-state index in [0.29, 0.717) is 0 Å². The molecule has 1 rings (SSSR count). The molecule has 3 atom stereocenters. The van der Waals surface area contributed by atoms with Gasteiger partial charge in [0.1, 0.15) is 0 Å². The molecule has 1 aliphatic heterocycles. The first kappa shape index (κ1) is 13.0. The summed E-state index contributed by atoms with van der Waals surface area (Å²) < 4.78 is 0. The average Bonchev–Trinajstić information content (AvgIpc) is 2.26. The molecule has 1 N–H and O–H groups in total. The van der Waals surface area contributed by atoms with Crippen molar-refractivity contribution in [2.45, 2.75) is 46.6 Å². The van der Waals surface area contributed by atoms with Crippen molar-refractivity contribution in [3.05, 3.63) is 0 Å². The Hall–Kier alpha value is -0.0800. The number of rotatable bonds is 5. The zero-order valence-electron chi connectivity index (χ0n) is 10.9. The lowest BCUT2D eigenvalue weighted by Gasteiger charge is -2.39. The van der Waals surface area contributed by atoms with E-state index in [1.165, 1.54) is 39.0 Å². The van der Waals surface area contributed by atoms with Crippen molar-refractivity contribution in [3.8, 4) is 0 Å². The average molecular weight is 212 g/mol. The highest BCUT2D eigenvalue weighted by Crippen LogP contribution is 2.19. The van der Waals surface area contributed by atoms with Crippen molar-refractivity contribution < 1.29 is 0 Å². The summed E-state index contributed by atoms with van der Waals surface area (Å²) in [5.41, 5.74) is 0. The Kier molecular flexibility index (Phi) is 5.62. The fourth-order valence-corrected chi connectivity index (χ4v) is 2.49. The molecule has 1 heterocycles. The summed E-state index contributed by atoms with van der Waals surface area (Å²) in [6, 6.07) is 0.762. The van der Waals surface area contributed by atoms with E-state index < -0.39 is 0 Å². The number of piperidine rings is 1. The van der Waals surface area contributed by atoms with Crippen molar-refractivity contribution in [1.29, 1.82) is 0 Å². The Labute approximate surface area is 95.4 Å². The number of hydrogen-bond acceptors (Lipinski definition) is 2. The predicted octanol–water partition coefficient (Wildman–Crippen LogP) is 2.35. The molecule has 0 aromatic heterocycles. The van der Waals surface area contributed by atoms with Crippen LogP contribution in [-0.4, -0.2) is 37.1 Å². The molecule has 0 amide bonds. The van der Waals surface area contributed by atoms with E-state index in [4.69, 9.17) is 0 Å². The third kappa shape index (κ3) is 3.76. The van der Waals surface area contributed by atoms with Gasteiger partial charge in [0, 0.05) is 19.1 Å². The lowest BCUT2D eigenvalue weighted by molar-refractivity contribution is 0.112. The largest absolute Gasteiger partial charge is 0.315 e. The van der Waals surface area contributed by atoms with Crippen molar-refractivity contribution in [2.24, 2.45) is 11.8 Å². The second-order valence-electron chi connectivity index (χ2n) is 5.14. The number of likely N-dealkylation sites (N-methyl/N-ethyl adjacent to an activating group) is 1. The first-order chi connectivity index (χ1) is 7.19. The van der Waals surface area contributed by atoms with Crippen LogP contribution in [0.3, 0.4) is 0 Å². The summed E-state index contributed by atoms with van der Waals surface area (Å²) in [6.45, 7) is 14.2. The van der Waals surface area contributed by atoms with Crippen molar-refractivity contribution in [2.75, 3.05) is 26.2 Å². The zero-order valence-corrected chi connectivity index (χ0v) is 10.9. The molecule has 3 unspecified atom stereocenters. The van der Waals surface area contributed by atoms with Gasteiger partial charge in [-0.25, -0.2) is 0 Å². The van der Waals surface area contributed by atoms with E-state index in [9.17, 15) is 0 Å². The van der Waals surface area contributed by atoms with Gasteiger partial charge in [0.25, 0.3) is 0 Å². The van der Waals surface area contributed by atoms with E-state index in [0.717, 1.165) is 17.9 Å². The van der Waals surface area contributed by atoms with Crippen LogP contribution in [0.4, 0.5) is 0 Å². The Bertz CT molecular complexity index is 170. The highest BCUT2D eigenvalue weighted by atomic mass is 15.2. The second-order valence-corrected chi connectivity index (χ2v) is 5.14. The molecule has 90 valence electrons. The first-order valence-corrected chi connectivity index (χ1v) is 6.63. The first-order valence-electron chi connectivity index (χ1n) is 6.63. The van der Waals surface area contributed by atoms with Gasteiger partial charge in [-0.2, -0.15) is 0 Å². The van der Waals surface area contributed by atoms with Gasteiger partial charge in [-0.1, -0.05) is 34.1 Å². The molecule has 0 aliphatic carbocycles.